The van der Waals surface area contributed by atoms with E-state index in [4.69, 9.17) is 0 Å². The molecule has 0 fully saturated rings. The van der Waals surface area contributed by atoms with Crippen LogP contribution < -0.4 is 0 Å². The smallest absolute Gasteiger partial charge is 0.155 e. The molecular formula is C15H10N4. The van der Waals surface area contributed by atoms with Crippen LogP contribution in [0.2, 0.25) is 0 Å². The predicted octanol–water partition coefficient (Wildman–Crippen LogP) is 2.94. The highest BCUT2D eigenvalue weighted by atomic mass is 15.0. The zero-order valence-corrected chi connectivity index (χ0v) is 10.1. The minimum Gasteiger partial charge on any atom is -0.297 e. The first-order valence-corrected chi connectivity index (χ1v) is 6.04. The summed E-state index contributed by atoms with van der Waals surface area (Å²) >= 11 is 0. The highest BCUT2D eigenvalue weighted by Gasteiger charge is 2.06. The van der Waals surface area contributed by atoms with E-state index in [2.05, 4.69) is 27.1 Å². The molecule has 0 bridgehead atoms. The Labute approximate surface area is 109 Å². The van der Waals surface area contributed by atoms with E-state index in [1.54, 1.807) is 12.4 Å². The molecule has 90 valence electrons. The Morgan fingerprint density at radius 1 is 0.947 bits per heavy atom. The fraction of sp³-hybridized carbons (Fsp3) is 0. The van der Waals surface area contributed by atoms with E-state index in [0.717, 1.165) is 27.8 Å². The van der Waals surface area contributed by atoms with Gasteiger partial charge in [-0.3, -0.25) is 14.4 Å². The first kappa shape index (κ1) is 10.2. The largest absolute Gasteiger partial charge is 0.297 e. The first-order valence-electron chi connectivity index (χ1n) is 6.04. The van der Waals surface area contributed by atoms with Crippen molar-refractivity contribution in [2.24, 2.45) is 0 Å². The van der Waals surface area contributed by atoms with Gasteiger partial charge in [-0.15, -0.1) is 0 Å². The van der Waals surface area contributed by atoms with Crippen molar-refractivity contribution in [1.29, 1.82) is 0 Å². The number of benzene rings is 1. The summed E-state index contributed by atoms with van der Waals surface area (Å²) in [6, 6.07) is 10.2. The number of rotatable bonds is 1. The molecule has 0 aliphatic heterocycles. The molecular weight excluding hydrogens is 236 g/mol. The zero-order chi connectivity index (χ0) is 12.7. The molecule has 4 nitrogen and oxygen atoms in total. The van der Waals surface area contributed by atoms with Gasteiger partial charge in [0.05, 0.1) is 23.6 Å². The topological polar surface area (TPSA) is 43.1 Å². The van der Waals surface area contributed by atoms with Crippen LogP contribution in [-0.2, 0) is 0 Å². The van der Waals surface area contributed by atoms with Gasteiger partial charge < -0.3 is 0 Å². The average Bonchev–Trinajstić information content (AvgIpc) is 2.91. The molecule has 4 rings (SSSR count). The Morgan fingerprint density at radius 2 is 1.89 bits per heavy atom. The lowest BCUT2D eigenvalue weighted by Crippen LogP contribution is -1.89. The lowest BCUT2D eigenvalue weighted by molar-refractivity contribution is 1.13. The van der Waals surface area contributed by atoms with E-state index in [9.17, 15) is 0 Å². The van der Waals surface area contributed by atoms with Gasteiger partial charge in [-0.05, 0) is 12.1 Å². The molecule has 19 heavy (non-hydrogen) atoms. The Bertz CT molecular complexity index is 879. The van der Waals surface area contributed by atoms with E-state index in [0.29, 0.717) is 0 Å². The van der Waals surface area contributed by atoms with E-state index in [1.807, 2.05) is 41.2 Å². The van der Waals surface area contributed by atoms with Crippen LogP contribution in [0.1, 0.15) is 0 Å². The lowest BCUT2D eigenvalue weighted by Gasteiger charge is -2.03. The maximum absolute atomic E-state index is 4.49. The number of imidazole rings is 1. The molecule has 0 radical (unpaired) electrons. The molecule has 0 amide bonds. The third kappa shape index (κ3) is 1.57. The lowest BCUT2D eigenvalue weighted by atomic mass is 10.1. The van der Waals surface area contributed by atoms with Crippen LogP contribution >= 0.6 is 0 Å². The standard InChI is InChI=1S/C15H10N4/c1-2-4-13-11(3-1)7-12(8-17-13)14-9-18-15-10-16-5-6-19(14)15/h1-10H. The van der Waals surface area contributed by atoms with Gasteiger partial charge in [-0.25, -0.2) is 4.98 Å². The molecule has 4 aromatic rings. The van der Waals surface area contributed by atoms with Crippen molar-refractivity contribution in [3.8, 4) is 11.3 Å². The van der Waals surface area contributed by atoms with Crippen LogP contribution in [0.5, 0.6) is 0 Å². The summed E-state index contributed by atoms with van der Waals surface area (Å²) in [5, 5.41) is 1.13. The van der Waals surface area contributed by atoms with Gasteiger partial charge in [0, 0.05) is 29.5 Å². The second kappa shape index (κ2) is 3.88. The maximum Gasteiger partial charge on any atom is 0.155 e. The number of fused-ring (bicyclic) bond motifs is 2. The molecule has 0 aliphatic carbocycles. The number of hydrogen-bond acceptors (Lipinski definition) is 3. The Morgan fingerprint density at radius 3 is 2.89 bits per heavy atom. The molecule has 1 aromatic carbocycles. The van der Waals surface area contributed by atoms with Crippen molar-refractivity contribution >= 4 is 16.6 Å². The van der Waals surface area contributed by atoms with Crippen LogP contribution in [-0.4, -0.2) is 19.4 Å². The molecule has 0 aliphatic rings. The number of hydrogen-bond donors (Lipinski definition) is 0. The number of para-hydroxylation sites is 1. The second-order valence-electron chi connectivity index (χ2n) is 4.36. The van der Waals surface area contributed by atoms with Crippen molar-refractivity contribution in [2.75, 3.05) is 0 Å². The summed E-state index contributed by atoms with van der Waals surface area (Å²) in [4.78, 5) is 12.9. The number of pyridine rings is 1. The zero-order valence-electron chi connectivity index (χ0n) is 10.1. The average molecular weight is 246 g/mol. The van der Waals surface area contributed by atoms with Crippen LogP contribution in [0.15, 0.2) is 61.3 Å². The van der Waals surface area contributed by atoms with Gasteiger partial charge in [0.2, 0.25) is 0 Å². The SMILES string of the molecule is c1ccc2ncc(-c3cnc4cnccn34)cc2c1. The second-order valence-corrected chi connectivity index (χ2v) is 4.36. The van der Waals surface area contributed by atoms with Crippen molar-refractivity contribution in [2.45, 2.75) is 0 Å². The molecule has 0 N–H and O–H groups in total. The maximum atomic E-state index is 4.49. The van der Waals surface area contributed by atoms with Gasteiger partial charge in [0.15, 0.2) is 5.65 Å². The van der Waals surface area contributed by atoms with E-state index in [-0.39, 0.29) is 0 Å². The Balaban J connectivity index is 1.99. The normalized spacial score (nSPS) is 11.2. The molecule has 0 saturated carbocycles. The van der Waals surface area contributed by atoms with Crippen LogP contribution in [0, 0.1) is 0 Å². The Kier molecular flexibility index (Phi) is 2.08. The van der Waals surface area contributed by atoms with E-state index >= 15 is 0 Å². The fourth-order valence-corrected chi connectivity index (χ4v) is 2.27. The number of nitrogens with zero attached hydrogens (tertiary/aromatic N) is 4. The fourth-order valence-electron chi connectivity index (χ4n) is 2.27. The third-order valence-electron chi connectivity index (χ3n) is 3.20. The van der Waals surface area contributed by atoms with E-state index < -0.39 is 0 Å². The summed E-state index contributed by atoms with van der Waals surface area (Å²) in [5.74, 6) is 0. The summed E-state index contributed by atoms with van der Waals surface area (Å²) in [6.45, 7) is 0. The summed E-state index contributed by atoms with van der Waals surface area (Å²) in [6.07, 6.45) is 9.15. The predicted molar refractivity (Wildman–Crippen MR) is 73.7 cm³/mol. The van der Waals surface area contributed by atoms with Gasteiger partial charge in [0.25, 0.3) is 0 Å². The quantitative estimate of drug-likeness (QED) is 0.518. The van der Waals surface area contributed by atoms with E-state index in [1.165, 1.54) is 0 Å². The minimum absolute atomic E-state index is 0.839. The van der Waals surface area contributed by atoms with Gasteiger partial charge in [-0.2, -0.15) is 0 Å². The Hall–Kier alpha value is -2.75. The molecule has 0 unspecified atom stereocenters. The molecule has 0 atom stereocenters. The van der Waals surface area contributed by atoms with Gasteiger partial charge in [-0.1, -0.05) is 18.2 Å². The first-order chi connectivity index (χ1) is 9.42. The number of aromatic nitrogens is 4. The van der Waals surface area contributed by atoms with Crippen LogP contribution in [0.25, 0.3) is 27.8 Å². The monoisotopic (exact) mass is 246 g/mol. The van der Waals surface area contributed by atoms with Gasteiger partial charge >= 0.3 is 0 Å². The highest BCUT2D eigenvalue weighted by molar-refractivity contribution is 5.83. The summed E-state index contributed by atoms with van der Waals surface area (Å²) < 4.78 is 2.01. The van der Waals surface area contributed by atoms with Crippen molar-refractivity contribution in [3.63, 3.8) is 0 Å². The molecule has 4 heteroatoms. The summed E-state index contributed by atoms with van der Waals surface area (Å²) in [7, 11) is 0. The minimum atomic E-state index is 0.839. The molecule has 3 aromatic heterocycles. The molecule has 3 heterocycles. The van der Waals surface area contributed by atoms with Crippen LogP contribution in [0.3, 0.4) is 0 Å². The third-order valence-corrected chi connectivity index (χ3v) is 3.20. The van der Waals surface area contributed by atoms with Crippen molar-refractivity contribution < 1.29 is 0 Å². The molecule has 0 spiro atoms. The molecule has 0 saturated heterocycles. The van der Waals surface area contributed by atoms with Crippen LogP contribution in [0.4, 0.5) is 0 Å². The summed E-state index contributed by atoms with van der Waals surface area (Å²) in [5.41, 5.74) is 3.92. The van der Waals surface area contributed by atoms with Crippen molar-refractivity contribution in [3.05, 3.63) is 61.3 Å². The van der Waals surface area contributed by atoms with Crippen molar-refractivity contribution in [1.82, 2.24) is 19.4 Å². The highest BCUT2D eigenvalue weighted by Crippen LogP contribution is 2.23. The van der Waals surface area contributed by atoms with Gasteiger partial charge in [0.1, 0.15) is 0 Å².